The maximum atomic E-state index is 12.3. The van der Waals surface area contributed by atoms with E-state index < -0.39 is 30.7 Å². The summed E-state index contributed by atoms with van der Waals surface area (Å²) in [5.74, 6) is -0.458. The van der Waals surface area contributed by atoms with E-state index in [-0.39, 0.29) is 5.92 Å². The van der Waals surface area contributed by atoms with Crippen LogP contribution in [0.2, 0.25) is 0 Å². The van der Waals surface area contributed by atoms with Gasteiger partial charge in [0.15, 0.2) is 0 Å². The quantitative estimate of drug-likeness (QED) is 0.817. The fraction of sp³-hybridized carbons (Fsp3) is 0.909. The van der Waals surface area contributed by atoms with Crippen LogP contribution in [0.3, 0.4) is 0 Å². The second-order valence-corrected chi connectivity index (χ2v) is 4.91. The summed E-state index contributed by atoms with van der Waals surface area (Å²) in [5, 5.41) is 0. The fourth-order valence-corrected chi connectivity index (χ4v) is 1.53. The SMILES string of the molecule is CC(C)C[C@@H](N)C(=O)N(CC(F)(F)F)C(C)C. The van der Waals surface area contributed by atoms with Crippen molar-refractivity contribution in [1.29, 1.82) is 0 Å². The van der Waals surface area contributed by atoms with Crippen molar-refractivity contribution in [3.05, 3.63) is 0 Å². The summed E-state index contributed by atoms with van der Waals surface area (Å²) in [6.45, 7) is 5.60. The smallest absolute Gasteiger partial charge is 0.330 e. The lowest BCUT2D eigenvalue weighted by atomic mass is 10.0. The van der Waals surface area contributed by atoms with Crippen LogP contribution in [0.5, 0.6) is 0 Å². The molecule has 3 nitrogen and oxygen atoms in total. The molecular formula is C11H21F3N2O. The van der Waals surface area contributed by atoms with Crippen LogP contribution >= 0.6 is 0 Å². The summed E-state index contributed by atoms with van der Waals surface area (Å²) in [7, 11) is 0. The minimum Gasteiger partial charge on any atom is -0.330 e. The largest absolute Gasteiger partial charge is 0.406 e. The van der Waals surface area contributed by atoms with E-state index >= 15 is 0 Å². The van der Waals surface area contributed by atoms with Gasteiger partial charge in [0.2, 0.25) is 5.91 Å². The summed E-state index contributed by atoms with van der Waals surface area (Å²) < 4.78 is 37.0. The predicted molar refractivity (Wildman–Crippen MR) is 60.3 cm³/mol. The molecule has 0 bridgehead atoms. The van der Waals surface area contributed by atoms with Crippen molar-refractivity contribution >= 4 is 5.91 Å². The van der Waals surface area contributed by atoms with Crippen LogP contribution in [0.4, 0.5) is 13.2 Å². The minimum atomic E-state index is -4.39. The molecule has 0 aliphatic rings. The first-order valence-corrected chi connectivity index (χ1v) is 5.67. The lowest BCUT2D eigenvalue weighted by Crippen LogP contribution is -2.50. The molecule has 6 heteroatoms. The predicted octanol–water partition coefficient (Wildman–Crippen LogP) is 2.16. The molecule has 0 aromatic rings. The average molecular weight is 254 g/mol. The van der Waals surface area contributed by atoms with Crippen LogP contribution in [-0.4, -0.2) is 35.6 Å². The van der Waals surface area contributed by atoms with Crippen molar-refractivity contribution in [1.82, 2.24) is 4.90 Å². The molecule has 0 saturated carbocycles. The van der Waals surface area contributed by atoms with Crippen LogP contribution in [-0.2, 0) is 4.79 Å². The Kier molecular flexibility index (Phi) is 5.95. The molecule has 0 rings (SSSR count). The third-order valence-electron chi connectivity index (χ3n) is 2.30. The van der Waals surface area contributed by atoms with Gasteiger partial charge in [-0.3, -0.25) is 4.79 Å². The van der Waals surface area contributed by atoms with E-state index in [1.807, 2.05) is 13.8 Å². The number of nitrogens with zero attached hydrogens (tertiary/aromatic N) is 1. The van der Waals surface area contributed by atoms with Crippen molar-refractivity contribution in [3.8, 4) is 0 Å². The summed E-state index contributed by atoms with van der Waals surface area (Å²) >= 11 is 0. The molecule has 0 saturated heterocycles. The number of halogens is 3. The third kappa shape index (κ3) is 6.51. The Labute approximate surface area is 100 Å². The van der Waals surface area contributed by atoms with E-state index in [4.69, 9.17) is 5.73 Å². The number of carbonyl (C=O) groups is 1. The van der Waals surface area contributed by atoms with Gasteiger partial charge in [-0.2, -0.15) is 13.2 Å². The van der Waals surface area contributed by atoms with E-state index in [0.29, 0.717) is 6.42 Å². The molecule has 0 unspecified atom stereocenters. The molecule has 0 aromatic heterocycles. The van der Waals surface area contributed by atoms with Gasteiger partial charge in [0.1, 0.15) is 6.54 Å². The Balaban J connectivity index is 4.66. The van der Waals surface area contributed by atoms with Crippen molar-refractivity contribution in [2.75, 3.05) is 6.54 Å². The van der Waals surface area contributed by atoms with E-state index in [0.717, 1.165) is 4.90 Å². The molecule has 17 heavy (non-hydrogen) atoms. The zero-order valence-corrected chi connectivity index (χ0v) is 10.7. The number of alkyl halides is 3. The molecule has 0 heterocycles. The summed E-state index contributed by atoms with van der Waals surface area (Å²) in [6.07, 6.45) is -4.00. The summed E-state index contributed by atoms with van der Waals surface area (Å²) in [6, 6.07) is -1.37. The zero-order chi connectivity index (χ0) is 13.8. The number of nitrogens with two attached hydrogens (primary N) is 1. The Hall–Kier alpha value is -0.780. The number of rotatable bonds is 5. The molecule has 0 radical (unpaired) electrons. The van der Waals surface area contributed by atoms with Crippen molar-refractivity contribution in [3.63, 3.8) is 0 Å². The molecule has 1 atom stereocenters. The highest BCUT2D eigenvalue weighted by atomic mass is 19.4. The molecule has 102 valence electrons. The van der Waals surface area contributed by atoms with Crippen molar-refractivity contribution in [2.45, 2.75) is 52.4 Å². The Bertz CT molecular complexity index is 252. The number of carbonyl (C=O) groups excluding carboxylic acids is 1. The molecule has 0 fully saturated rings. The van der Waals surface area contributed by atoms with Gasteiger partial charge in [0.05, 0.1) is 6.04 Å². The average Bonchev–Trinajstić information content (AvgIpc) is 2.10. The third-order valence-corrected chi connectivity index (χ3v) is 2.30. The first-order chi connectivity index (χ1) is 7.54. The molecule has 0 aromatic carbocycles. The van der Waals surface area contributed by atoms with Crippen LogP contribution in [0.1, 0.15) is 34.1 Å². The topological polar surface area (TPSA) is 46.3 Å². The molecule has 0 aliphatic heterocycles. The second-order valence-electron chi connectivity index (χ2n) is 4.91. The second kappa shape index (κ2) is 6.23. The highest BCUT2D eigenvalue weighted by molar-refractivity contribution is 5.81. The minimum absolute atomic E-state index is 0.175. The van der Waals surface area contributed by atoms with E-state index in [1.165, 1.54) is 0 Å². The standard InChI is InChI=1S/C11H21F3N2O/c1-7(2)5-9(15)10(17)16(8(3)4)6-11(12,13)14/h7-9H,5-6,15H2,1-4H3/t9-/m1/s1. The molecule has 0 spiro atoms. The van der Waals surface area contributed by atoms with Crippen LogP contribution in [0.25, 0.3) is 0 Å². The van der Waals surface area contributed by atoms with Crippen LogP contribution in [0.15, 0.2) is 0 Å². The Morgan fingerprint density at radius 1 is 1.24 bits per heavy atom. The van der Waals surface area contributed by atoms with E-state index in [2.05, 4.69) is 0 Å². The van der Waals surface area contributed by atoms with Crippen LogP contribution < -0.4 is 5.73 Å². The number of amides is 1. The maximum absolute atomic E-state index is 12.3. The van der Waals surface area contributed by atoms with Crippen molar-refractivity contribution < 1.29 is 18.0 Å². The number of hydrogen-bond donors (Lipinski definition) is 1. The van der Waals surface area contributed by atoms with Gasteiger partial charge >= 0.3 is 6.18 Å². The molecule has 2 N–H and O–H groups in total. The summed E-state index contributed by atoms with van der Waals surface area (Å²) in [4.78, 5) is 12.6. The van der Waals surface area contributed by atoms with Crippen molar-refractivity contribution in [2.24, 2.45) is 11.7 Å². The van der Waals surface area contributed by atoms with E-state index in [9.17, 15) is 18.0 Å². The number of hydrogen-bond acceptors (Lipinski definition) is 2. The van der Waals surface area contributed by atoms with Gasteiger partial charge in [0.25, 0.3) is 0 Å². The van der Waals surface area contributed by atoms with Gasteiger partial charge in [-0.05, 0) is 26.2 Å². The first kappa shape index (κ1) is 16.2. The monoisotopic (exact) mass is 254 g/mol. The first-order valence-electron chi connectivity index (χ1n) is 5.67. The van der Waals surface area contributed by atoms with Gasteiger partial charge in [-0.1, -0.05) is 13.8 Å². The maximum Gasteiger partial charge on any atom is 0.406 e. The molecule has 1 amide bonds. The highest BCUT2D eigenvalue weighted by Gasteiger charge is 2.35. The van der Waals surface area contributed by atoms with Gasteiger partial charge in [-0.25, -0.2) is 0 Å². The lowest BCUT2D eigenvalue weighted by molar-refractivity contribution is -0.165. The molecule has 0 aliphatic carbocycles. The van der Waals surface area contributed by atoms with Gasteiger partial charge in [-0.15, -0.1) is 0 Å². The van der Waals surface area contributed by atoms with E-state index in [1.54, 1.807) is 13.8 Å². The normalized spacial score (nSPS) is 14.2. The van der Waals surface area contributed by atoms with Crippen LogP contribution in [0, 0.1) is 5.92 Å². The van der Waals surface area contributed by atoms with Gasteiger partial charge < -0.3 is 10.6 Å². The lowest BCUT2D eigenvalue weighted by Gasteiger charge is -2.30. The molecular weight excluding hydrogens is 233 g/mol. The Morgan fingerprint density at radius 3 is 2.00 bits per heavy atom. The fourth-order valence-electron chi connectivity index (χ4n) is 1.53. The zero-order valence-electron chi connectivity index (χ0n) is 10.7. The highest BCUT2D eigenvalue weighted by Crippen LogP contribution is 2.19. The Morgan fingerprint density at radius 2 is 1.71 bits per heavy atom. The van der Waals surface area contributed by atoms with Gasteiger partial charge in [0, 0.05) is 6.04 Å². The summed E-state index contributed by atoms with van der Waals surface area (Å²) in [5.41, 5.74) is 5.62.